The summed E-state index contributed by atoms with van der Waals surface area (Å²) in [4.78, 5) is 7.52. The topological polar surface area (TPSA) is 104 Å². The Hall–Kier alpha value is 0.0700. The Morgan fingerprint density at radius 1 is 1.00 bits per heavy atom. The Morgan fingerprint density at radius 2 is 1.55 bits per heavy atom. The van der Waals surface area contributed by atoms with Gasteiger partial charge in [-0.2, -0.15) is 31.4 Å². The molecule has 0 saturated carbocycles. The molecule has 5 N–H and O–H groups in total. The maximum atomic E-state index is 12.1. The van der Waals surface area contributed by atoms with E-state index in [1.807, 2.05) is 48.6 Å². The predicted octanol–water partition coefficient (Wildman–Crippen LogP) is 3.64. The summed E-state index contributed by atoms with van der Waals surface area (Å²) in [6, 6.07) is 7.10. The number of aromatic nitrogens is 2. The van der Waals surface area contributed by atoms with E-state index in [9.17, 15) is 4.39 Å². The normalized spacial score (nSPS) is 11.2. The molecule has 0 aliphatic rings. The van der Waals surface area contributed by atoms with E-state index in [1.165, 1.54) is 12.3 Å². The van der Waals surface area contributed by atoms with E-state index in [2.05, 4.69) is 37.9 Å². The van der Waals surface area contributed by atoms with Crippen molar-refractivity contribution < 1.29 is 14.6 Å². The molecule has 6 nitrogen and oxygen atoms in total. The number of nitrogens with zero attached hydrogens (tertiary/aromatic N) is 2. The predicted molar refractivity (Wildman–Crippen MR) is 145 cm³/mol. The largest absolute Gasteiger partial charge is 0.395 e. The van der Waals surface area contributed by atoms with Crippen LogP contribution in [0.25, 0.3) is 0 Å². The number of anilines is 1. The van der Waals surface area contributed by atoms with E-state index in [1.54, 1.807) is 12.3 Å². The molecule has 0 unspecified atom stereocenters. The van der Waals surface area contributed by atoms with Crippen LogP contribution in [0.3, 0.4) is 0 Å². The lowest BCUT2D eigenvalue weighted by atomic mass is 10.2. The van der Waals surface area contributed by atoms with Gasteiger partial charge >= 0.3 is 0 Å². The van der Waals surface area contributed by atoms with E-state index < -0.39 is 5.95 Å². The van der Waals surface area contributed by atoms with Gasteiger partial charge in [-0.05, 0) is 76.2 Å². The third kappa shape index (κ3) is 18.5. The van der Waals surface area contributed by atoms with Gasteiger partial charge in [0, 0.05) is 31.6 Å². The molecule has 0 aromatic carbocycles. The van der Waals surface area contributed by atoms with E-state index in [0.29, 0.717) is 0 Å². The van der Waals surface area contributed by atoms with Crippen molar-refractivity contribution >= 4 is 78.0 Å². The Balaban J connectivity index is -0.000000367. The van der Waals surface area contributed by atoms with Gasteiger partial charge in [0.2, 0.25) is 5.95 Å². The smallest absolute Gasteiger partial charge is 0.213 e. The number of nitrogens with one attached hydrogen (secondary N) is 1. The molecule has 0 spiro atoms. The molecular weight excluding hydrogens is 641 g/mol. The van der Waals surface area contributed by atoms with Crippen LogP contribution >= 0.6 is 72.2 Å². The van der Waals surface area contributed by atoms with Crippen molar-refractivity contribution in [3.8, 4) is 0 Å². The van der Waals surface area contributed by atoms with Crippen LogP contribution in [0, 0.1) is 13.1 Å². The standard InChI is InChI=1S/C9H13IN2O.C5H3FIN.C4H11NO.2H2S/c1-2-8(6-13)12-9-5-7(10)3-4-11-9;6-5-3-4(7)1-2-8-5;1-2-4(5)3-6;;/h3-5,8,13H,2,6H2,1H3,(H,11,12);1-3H;4,6H,2-3,5H2,1H3;2*1H2/t8-;;4-;;/m0.0../s1. The highest BCUT2D eigenvalue weighted by Gasteiger charge is 2.04. The number of aliphatic hydroxyl groups excluding tert-OH is 2. The number of rotatable bonds is 6. The zero-order valence-corrected chi connectivity index (χ0v) is 22.8. The van der Waals surface area contributed by atoms with Crippen LogP contribution in [0.1, 0.15) is 26.7 Å². The monoisotopic (exact) mass is 672 g/mol. The first-order valence-electron chi connectivity index (χ1n) is 8.48. The lowest BCUT2D eigenvalue weighted by Crippen LogP contribution is -2.23. The minimum absolute atomic E-state index is 0. The van der Waals surface area contributed by atoms with Gasteiger partial charge in [-0.25, -0.2) is 9.97 Å². The van der Waals surface area contributed by atoms with Crippen LogP contribution in [0.4, 0.5) is 10.2 Å². The third-order valence-corrected chi connectivity index (χ3v) is 4.58. The lowest BCUT2D eigenvalue weighted by Gasteiger charge is -2.14. The second kappa shape index (κ2) is 21.3. The molecule has 0 bridgehead atoms. The van der Waals surface area contributed by atoms with Gasteiger partial charge in [-0.1, -0.05) is 13.8 Å². The maximum Gasteiger partial charge on any atom is 0.213 e. The highest BCUT2D eigenvalue weighted by molar-refractivity contribution is 14.1. The average molecular weight is 672 g/mol. The van der Waals surface area contributed by atoms with Crippen LogP contribution in [0.2, 0.25) is 0 Å². The van der Waals surface area contributed by atoms with Crippen molar-refractivity contribution in [2.24, 2.45) is 5.73 Å². The fourth-order valence-corrected chi connectivity index (χ4v) is 2.35. The van der Waals surface area contributed by atoms with E-state index >= 15 is 0 Å². The first kappa shape index (κ1) is 33.7. The summed E-state index contributed by atoms with van der Waals surface area (Å²) < 4.78 is 14.1. The number of hydrogen-bond donors (Lipinski definition) is 4. The van der Waals surface area contributed by atoms with Gasteiger partial charge in [-0.3, -0.25) is 0 Å². The number of pyridine rings is 2. The summed E-state index contributed by atoms with van der Waals surface area (Å²) in [7, 11) is 0. The van der Waals surface area contributed by atoms with Crippen LogP contribution in [-0.2, 0) is 0 Å². The van der Waals surface area contributed by atoms with E-state index in [4.69, 9.17) is 15.9 Å². The highest BCUT2D eigenvalue weighted by atomic mass is 127. The molecule has 2 aromatic rings. The second-order valence-corrected chi connectivity index (χ2v) is 7.93. The third-order valence-electron chi connectivity index (χ3n) is 3.23. The number of nitrogens with two attached hydrogens (primary N) is 1. The molecule has 29 heavy (non-hydrogen) atoms. The fraction of sp³-hybridized carbons (Fsp3) is 0.444. The molecular formula is C18H31FI2N4O2S2. The number of hydrogen-bond acceptors (Lipinski definition) is 6. The van der Waals surface area contributed by atoms with Crippen molar-refractivity contribution in [3.05, 3.63) is 49.7 Å². The van der Waals surface area contributed by atoms with Crippen molar-refractivity contribution in [1.82, 2.24) is 9.97 Å². The molecule has 2 rings (SSSR count). The number of aliphatic hydroxyl groups is 2. The van der Waals surface area contributed by atoms with Gasteiger partial charge in [-0.15, -0.1) is 0 Å². The molecule has 2 atom stereocenters. The summed E-state index contributed by atoms with van der Waals surface area (Å²) in [6.45, 7) is 4.23. The molecule has 0 aliphatic carbocycles. The summed E-state index contributed by atoms with van der Waals surface area (Å²) in [5, 5.41) is 20.3. The SMILES string of the molecule is CC[C@@H](CO)Nc1cc(I)ccn1.CC[C@H](N)CO.Fc1cc(I)ccn1.S.S. The van der Waals surface area contributed by atoms with Crippen molar-refractivity contribution in [3.63, 3.8) is 0 Å². The van der Waals surface area contributed by atoms with Crippen LogP contribution in [-0.4, -0.2) is 45.5 Å². The molecule has 0 amide bonds. The number of halogens is 3. The molecule has 0 aliphatic heterocycles. The van der Waals surface area contributed by atoms with Crippen LogP contribution < -0.4 is 11.1 Å². The molecule has 2 aromatic heterocycles. The molecule has 2 heterocycles. The first-order chi connectivity index (χ1) is 12.9. The molecule has 11 heteroatoms. The van der Waals surface area contributed by atoms with E-state index in [-0.39, 0.29) is 52.3 Å². The van der Waals surface area contributed by atoms with Gasteiger partial charge < -0.3 is 21.3 Å². The summed E-state index contributed by atoms with van der Waals surface area (Å²) in [5.74, 6) is 0.407. The Morgan fingerprint density at radius 3 is 1.86 bits per heavy atom. The molecule has 0 fully saturated rings. The maximum absolute atomic E-state index is 12.1. The minimum Gasteiger partial charge on any atom is -0.395 e. The van der Waals surface area contributed by atoms with Crippen LogP contribution in [0.15, 0.2) is 36.7 Å². The van der Waals surface area contributed by atoms with E-state index in [0.717, 1.165) is 25.8 Å². The summed E-state index contributed by atoms with van der Waals surface area (Å²) >= 11 is 4.26. The van der Waals surface area contributed by atoms with Gasteiger partial charge in [0.15, 0.2) is 0 Å². The summed E-state index contributed by atoms with van der Waals surface area (Å²) in [6.07, 6.45) is 4.95. The minimum atomic E-state index is -0.420. The molecule has 168 valence electrons. The first-order valence-corrected chi connectivity index (χ1v) is 10.6. The van der Waals surface area contributed by atoms with Gasteiger partial charge in [0.05, 0.1) is 19.3 Å². The Labute approximate surface area is 213 Å². The zero-order valence-electron chi connectivity index (χ0n) is 16.4. The summed E-state index contributed by atoms with van der Waals surface area (Å²) in [5.41, 5.74) is 5.22. The van der Waals surface area contributed by atoms with Crippen molar-refractivity contribution in [1.29, 1.82) is 0 Å². The lowest BCUT2D eigenvalue weighted by molar-refractivity contribution is 0.263. The van der Waals surface area contributed by atoms with Crippen LogP contribution in [0.5, 0.6) is 0 Å². The fourth-order valence-electron chi connectivity index (χ4n) is 1.48. The quantitative estimate of drug-likeness (QED) is 0.276. The highest BCUT2D eigenvalue weighted by Crippen LogP contribution is 2.10. The second-order valence-electron chi connectivity index (χ2n) is 5.44. The van der Waals surface area contributed by atoms with Gasteiger partial charge in [0.1, 0.15) is 5.82 Å². The average Bonchev–Trinajstić information content (AvgIpc) is 2.66. The van der Waals surface area contributed by atoms with Gasteiger partial charge in [0.25, 0.3) is 0 Å². The zero-order chi connectivity index (χ0) is 20.7. The molecule has 0 radical (unpaired) electrons. The Bertz CT molecular complexity index is 623. The van der Waals surface area contributed by atoms with Crippen molar-refractivity contribution in [2.45, 2.75) is 38.8 Å². The Kier molecular flexibility index (Phi) is 24.8. The van der Waals surface area contributed by atoms with Crippen molar-refractivity contribution in [2.75, 3.05) is 18.5 Å². The molecule has 0 saturated heterocycles.